The van der Waals surface area contributed by atoms with E-state index in [0.717, 1.165) is 20.9 Å². The lowest BCUT2D eigenvalue weighted by Crippen LogP contribution is -2.40. The van der Waals surface area contributed by atoms with Gasteiger partial charge in [-0.3, -0.25) is 4.79 Å². The maximum absolute atomic E-state index is 13.1. The van der Waals surface area contributed by atoms with Crippen LogP contribution >= 0.6 is 11.3 Å². The molecule has 3 aromatic rings. The molecule has 1 N–H and O–H groups in total. The minimum Gasteiger partial charge on any atom is -0.379 e. The van der Waals surface area contributed by atoms with Crippen molar-refractivity contribution in [2.75, 3.05) is 26.3 Å². The van der Waals surface area contributed by atoms with Crippen LogP contribution in [0.4, 0.5) is 4.39 Å². The second kappa shape index (κ2) is 10.4. The third-order valence-corrected chi connectivity index (χ3v) is 8.16. The molecule has 0 unspecified atom stereocenters. The molecule has 0 spiro atoms. The van der Waals surface area contributed by atoms with Gasteiger partial charge in [-0.2, -0.15) is 4.31 Å². The summed E-state index contributed by atoms with van der Waals surface area (Å²) >= 11 is 1.51. The molecule has 6 nitrogen and oxygen atoms in total. The molecule has 4 rings (SSSR count). The molecule has 172 valence electrons. The summed E-state index contributed by atoms with van der Waals surface area (Å²) in [6.45, 7) is 1.78. The summed E-state index contributed by atoms with van der Waals surface area (Å²) in [4.78, 5) is 14.3. The van der Waals surface area contributed by atoms with E-state index in [0.29, 0.717) is 26.3 Å². The molecule has 2 heterocycles. The molecule has 0 atom stereocenters. The predicted molar refractivity (Wildman–Crippen MR) is 127 cm³/mol. The number of rotatable bonds is 7. The van der Waals surface area contributed by atoms with Crippen LogP contribution in [0.15, 0.2) is 71.6 Å². The Morgan fingerprint density at radius 2 is 1.73 bits per heavy atom. The quantitative estimate of drug-likeness (QED) is 0.514. The predicted octanol–water partition coefficient (Wildman–Crippen LogP) is 3.90. The number of thiophene rings is 1. The van der Waals surface area contributed by atoms with E-state index in [9.17, 15) is 17.6 Å². The number of carbonyl (C=O) groups is 1. The molecule has 1 aromatic heterocycles. The van der Waals surface area contributed by atoms with E-state index in [4.69, 9.17) is 4.74 Å². The Morgan fingerprint density at radius 1 is 1.03 bits per heavy atom. The first-order valence-electron chi connectivity index (χ1n) is 10.4. The topological polar surface area (TPSA) is 75.7 Å². The molecule has 0 bridgehead atoms. The molecular weight excluding hydrogens is 463 g/mol. The number of sulfonamides is 1. The molecule has 33 heavy (non-hydrogen) atoms. The van der Waals surface area contributed by atoms with Crippen molar-refractivity contribution in [1.29, 1.82) is 0 Å². The minimum absolute atomic E-state index is 0.231. The molecule has 0 radical (unpaired) electrons. The number of hydrogen-bond acceptors (Lipinski definition) is 5. The lowest BCUT2D eigenvalue weighted by molar-refractivity contribution is -0.116. The van der Waals surface area contributed by atoms with E-state index in [1.54, 1.807) is 42.5 Å². The van der Waals surface area contributed by atoms with Crippen LogP contribution in [0.5, 0.6) is 0 Å². The molecular formula is C24H23FN2O4S2. The van der Waals surface area contributed by atoms with Gasteiger partial charge in [-0.1, -0.05) is 24.3 Å². The van der Waals surface area contributed by atoms with E-state index in [-0.39, 0.29) is 23.2 Å². The highest BCUT2D eigenvalue weighted by molar-refractivity contribution is 7.89. The zero-order valence-electron chi connectivity index (χ0n) is 17.7. The van der Waals surface area contributed by atoms with Crippen LogP contribution in [0.3, 0.4) is 0 Å². The van der Waals surface area contributed by atoms with Gasteiger partial charge in [0.1, 0.15) is 5.82 Å². The van der Waals surface area contributed by atoms with Crippen molar-refractivity contribution in [1.82, 2.24) is 9.62 Å². The zero-order valence-corrected chi connectivity index (χ0v) is 19.4. The maximum atomic E-state index is 13.1. The van der Waals surface area contributed by atoms with Gasteiger partial charge in [0, 0.05) is 35.5 Å². The van der Waals surface area contributed by atoms with Crippen molar-refractivity contribution >= 4 is 33.3 Å². The average Bonchev–Trinajstić information content (AvgIpc) is 3.32. The Kier molecular flexibility index (Phi) is 7.34. The fraction of sp³-hybridized carbons (Fsp3) is 0.208. The summed E-state index contributed by atoms with van der Waals surface area (Å²) in [7, 11) is -3.53. The number of carbonyl (C=O) groups excluding carboxylic acids is 1. The SMILES string of the molecule is O=C(/C=C/c1ccc(-c2ccc(F)cc2)s1)NCc1ccc(S(=O)(=O)N2CCOCC2)cc1. The highest BCUT2D eigenvalue weighted by atomic mass is 32.2. The number of benzene rings is 2. The van der Waals surface area contributed by atoms with Gasteiger partial charge in [0.2, 0.25) is 15.9 Å². The van der Waals surface area contributed by atoms with Gasteiger partial charge in [-0.25, -0.2) is 12.8 Å². The molecule has 1 aliphatic heterocycles. The van der Waals surface area contributed by atoms with Gasteiger partial charge < -0.3 is 10.1 Å². The Bertz CT molecular complexity index is 1230. The Labute approximate surface area is 196 Å². The monoisotopic (exact) mass is 486 g/mol. The first-order valence-corrected chi connectivity index (χ1v) is 12.7. The molecule has 1 aliphatic rings. The van der Waals surface area contributed by atoms with Crippen LogP contribution in [0, 0.1) is 5.82 Å². The first-order chi connectivity index (χ1) is 15.9. The van der Waals surface area contributed by atoms with Gasteiger partial charge in [-0.05, 0) is 53.6 Å². The van der Waals surface area contributed by atoms with Crippen LogP contribution in [-0.4, -0.2) is 44.9 Å². The summed E-state index contributed by atoms with van der Waals surface area (Å²) in [5, 5.41) is 2.80. The number of amides is 1. The number of ether oxygens (including phenoxy) is 1. The summed E-state index contributed by atoms with van der Waals surface area (Å²) in [6, 6.07) is 16.6. The largest absolute Gasteiger partial charge is 0.379 e. The van der Waals surface area contributed by atoms with Crippen molar-refractivity contribution in [3.8, 4) is 10.4 Å². The molecule has 2 aromatic carbocycles. The molecule has 0 aliphatic carbocycles. The van der Waals surface area contributed by atoms with Crippen LogP contribution in [0.25, 0.3) is 16.5 Å². The van der Waals surface area contributed by atoms with Crippen molar-refractivity contribution in [3.05, 3.63) is 83.0 Å². The standard InChI is InChI=1S/C24H23FN2O4S2/c25-20-5-3-19(4-6-20)23-11-7-21(32-23)8-12-24(28)26-17-18-1-9-22(10-2-18)33(29,30)27-13-15-31-16-14-27/h1-12H,13-17H2,(H,26,28)/b12-8+. The zero-order chi connectivity index (χ0) is 23.3. The molecule has 1 fully saturated rings. The van der Waals surface area contributed by atoms with Crippen molar-refractivity contribution < 1.29 is 22.3 Å². The molecule has 1 saturated heterocycles. The van der Waals surface area contributed by atoms with E-state index in [1.165, 1.54) is 33.9 Å². The fourth-order valence-corrected chi connectivity index (χ4v) is 5.66. The normalized spacial score (nSPS) is 15.1. The van der Waals surface area contributed by atoms with E-state index in [1.807, 2.05) is 12.1 Å². The number of halogens is 1. The van der Waals surface area contributed by atoms with Crippen molar-refractivity contribution in [3.63, 3.8) is 0 Å². The van der Waals surface area contributed by atoms with Crippen LogP contribution in [-0.2, 0) is 26.1 Å². The number of hydrogen-bond donors (Lipinski definition) is 1. The lowest BCUT2D eigenvalue weighted by Gasteiger charge is -2.26. The van der Waals surface area contributed by atoms with Gasteiger partial charge in [0.25, 0.3) is 0 Å². The minimum atomic E-state index is -3.53. The van der Waals surface area contributed by atoms with Crippen LogP contribution in [0.1, 0.15) is 10.4 Å². The van der Waals surface area contributed by atoms with E-state index >= 15 is 0 Å². The molecule has 9 heteroatoms. The van der Waals surface area contributed by atoms with Crippen molar-refractivity contribution in [2.45, 2.75) is 11.4 Å². The average molecular weight is 487 g/mol. The van der Waals surface area contributed by atoms with Gasteiger partial charge >= 0.3 is 0 Å². The van der Waals surface area contributed by atoms with Crippen LogP contribution < -0.4 is 5.32 Å². The maximum Gasteiger partial charge on any atom is 0.244 e. The summed E-state index contributed by atoms with van der Waals surface area (Å²) in [5.74, 6) is -0.530. The lowest BCUT2D eigenvalue weighted by atomic mass is 10.2. The smallest absolute Gasteiger partial charge is 0.244 e. The number of nitrogens with one attached hydrogen (secondary N) is 1. The third-order valence-electron chi connectivity index (χ3n) is 5.15. The Balaban J connectivity index is 1.31. The van der Waals surface area contributed by atoms with Gasteiger partial charge in [-0.15, -0.1) is 11.3 Å². The van der Waals surface area contributed by atoms with Gasteiger partial charge in [0.05, 0.1) is 18.1 Å². The second-order valence-electron chi connectivity index (χ2n) is 7.42. The summed E-state index contributed by atoms with van der Waals surface area (Å²) in [6.07, 6.45) is 3.18. The Hall–Kier alpha value is -2.85. The summed E-state index contributed by atoms with van der Waals surface area (Å²) in [5.41, 5.74) is 1.72. The fourth-order valence-electron chi connectivity index (χ4n) is 3.33. The first kappa shape index (κ1) is 23.3. The second-order valence-corrected chi connectivity index (χ2v) is 10.5. The van der Waals surface area contributed by atoms with Crippen molar-refractivity contribution in [2.24, 2.45) is 0 Å². The third kappa shape index (κ3) is 5.94. The van der Waals surface area contributed by atoms with E-state index in [2.05, 4.69) is 5.32 Å². The number of morpholine rings is 1. The number of nitrogens with zero attached hydrogens (tertiary/aromatic N) is 1. The van der Waals surface area contributed by atoms with Gasteiger partial charge in [0.15, 0.2) is 0 Å². The molecule has 1 amide bonds. The molecule has 0 saturated carbocycles. The van der Waals surface area contributed by atoms with Crippen LogP contribution in [0.2, 0.25) is 0 Å². The Morgan fingerprint density at radius 3 is 2.42 bits per heavy atom. The van der Waals surface area contributed by atoms with E-state index < -0.39 is 10.0 Å². The summed E-state index contributed by atoms with van der Waals surface area (Å²) < 4.78 is 45.0. The highest BCUT2D eigenvalue weighted by Crippen LogP contribution is 2.29. The highest BCUT2D eigenvalue weighted by Gasteiger charge is 2.26.